The Balaban J connectivity index is 1.79. The molecular formula is C19H17Cl2N3O3S. The van der Waals surface area contributed by atoms with Crippen LogP contribution in [-0.4, -0.2) is 34.9 Å². The molecule has 0 saturated heterocycles. The molecule has 2 aromatic carbocycles. The van der Waals surface area contributed by atoms with Crippen molar-refractivity contribution in [2.24, 2.45) is 0 Å². The second-order valence-electron chi connectivity index (χ2n) is 5.83. The molecule has 3 rings (SSSR count). The fourth-order valence-electron chi connectivity index (χ4n) is 2.54. The summed E-state index contributed by atoms with van der Waals surface area (Å²) >= 11 is 13.0. The van der Waals surface area contributed by atoms with Gasteiger partial charge in [0.2, 0.25) is 5.91 Å². The number of amides is 1. The van der Waals surface area contributed by atoms with Crippen LogP contribution in [0.3, 0.4) is 0 Å². The molecular weight excluding hydrogens is 421 g/mol. The van der Waals surface area contributed by atoms with Crippen LogP contribution in [-0.2, 0) is 16.1 Å². The number of anilines is 1. The molecule has 3 aromatic rings. The van der Waals surface area contributed by atoms with Gasteiger partial charge < -0.3 is 10.1 Å². The van der Waals surface area contributed by atoms with Crippen molar-refractivity contribution in [1.82, 2.24) is 9.55 Å². The lowest BCUT2D eigenvalue weighted by atomic mass is 10.2. The number of halogens is 2. The van der Waals surface area contributed by atoms with Gasteiger partial charge in [-0.25, -0.2) is 4.98 Å². The number of carbonyl (C=O) groups is 1. The van der Waals surface area contributed by atoms with E-state index in [1.54, 1.807) is 43.5 Å². The standard InChI is InChI=1S/C19H17Cl2N3O3S/c1-27-9-8-24-18(26)13-4-2-3-5-16(13)23-19(24)28-11-17(25)22-12-6-7-14(20)15(21)10-12/h2-7,10H,8-9,11H2,1H3,(H,22,25). The van der Waals surface area contributed by atoms with E-state index in [0.717, 1.165) is 0 Å². The Morgan fingerprint density at radius 3 is 2.75 bits per heavy atom. The maximum atomic E-state index is 12.8. The van der Waals surface area contributed by atoms with Crippen molar-refractivity contribution < 1.29 is 9.53 Å². The maximum Gasteiger partial charge on any atom is 0.262 e. The number of hydrogen-bond acceptors (Lipinski definition) is 5. The zero-order valence-electron chi connectivity index (χ0n) is 14.9. The third-order valence-electron chi connectivity index (χ3n) is 3.88. The fraction of sp³-hybridized carbons (Fsp3) is 0.211. The topological polar surface area (TPSA) is 73.2 Å². The Hall–Kier alpha value is -2.06. The molecule has 0 fully saturated rings. The van der Waals surface area contributed by atoms with Crippen LogP contribution in [0.1, 0.15) is 0 Å². The van der Waals surface area contributed by atoms with Gasteiger partial charge in [0.05, 0.1) is 39.9 Å². The minimum atomic E-state index is -0.246. The van der Waals surface area contributed by atoms with Gasteiger partial charge in [-0.05, 0) is 30.3 Å². The number of para-hydroxylation sites is 1. The van der Waals surface area contributed by atoms with Crippen LogP contribution in [0.15, 0.2) is 52.4 Å². The minimum absolute atomic E-state index is 0.0814. The molecule has 0 atom stereocenters. The van der Waals surface area contributed by atoms with Crippen molar-refractivity contribution in [3.63, 3.8) is 0 Å². The van der Waals surface area contributed by atoms with Crippen LogP contribution in [0.2, 0.25) is 10.0 Å². The molecule has 1 heterocycles. The molecule has 0 saturated carbocycles. The molecule has 0 spiro atoms. The number of rotatable bonds is 7. The highest BCUT2D eigenvalue weighted by Crippen LogP contribution is 2.25. The number of fused-ring (bicyclic) bond motifs is 1. The predicted octanol–water partition coefficient (Wildman–Crippen LogP) is 4.08. The van der Waals surface area contributed by atoms with Gasteiger partial charge in [0.1, 0.15) is 0 Å². The molecule has 1 N–H and O–H groups in total. The van der Waals surface area contributed by atoms with E-state index in [1.807, 2.05) is 6.07 Å². The molecule has 1 aromatic heterocycles. The van der Waals surface area contributed by atoms with E-state index in [2.05, 4.69) is 10.3 Å². The number of benzene rings is 2. The SMILES string of the molecule is COCCn1c(SCC(=O)Nc2ccc(Cl)c(Cl)c2)nc2ccccc2c1=O. The lowest BCUT2D eigenvalue weighted by Gasteiger charge is -2.13. The van der Waals surface area contributed by atoms with Crippen molar-refractivity contribution in [3.05, 3.63) is 62.9 Å². The highest BCUT2D eigenvalue weighted by molar-refractivity contribution is 7.99. The van der Waals surface area contributed by atoms with Gasteiger partial charge in [-0.1, -0.05) is 47.1 Å². The third kappa shape index (κ3) is 4.86. The maximum absolute atomic E-state index is 12.8. The first kappa shape index (κ1) is 20.7. The summed E-state index contributed by atoms with van der Waals surface area (Å²) < 4.78 is 6.62. The number of nitrogens with zero attached hydrogens (tertiary/aromatic N) is 2. The number of nitrogens with one attached hydrogen (secondary N) is 1. The summed E-state index contributed by atoms with van der Waals surface area (Å²) in [5, 5.41) is 4.52. The first-order valence-electron chi connectivity index (χ1n) is 8.36. The second kappa shape index (κ2) is 9.43. The van der Waals surface area contributed by atoms with Crippen LogP contribution in [0.25, 0.3) is 10.9 Å². The third-order valence-corrected chi connectivity index (χ3v) is 5.60. The van der Waals surface area contributed by atoms with E-state index in [1.165, 1.54) is 16.3 Å². The Kier molecular flexibility index (Phi) is 6.96. The van der Waals surface area contributed by atoms with E-state index in [9.17, 15) is 9.59 Å². The zero-order valence-corrected chi connectivity index (χ0v) is 17.3. The number of ether oxygens (including phenoxy) is 1. The van der Waals surface area contributed by atoms with Crippen molar-refractivity contribution in [3.8, 4) is 0 Å². The van der Waals surface area contributed by atoms with Gasteiger partial charge in [0.15, 0.2) is 5.16 Å². The van der Waals surface area contributed by atoms with E-state index in [0.29, 0.717) is 44.9 Å². The van der Waals surface area contributed by atoms with E-state index < -0.39 is 0 Å². The molecule has 9 heteroatoms. The number of methoxy groups -OCH3 is 1. The first-order valence-corrected chi connectivity index (χ1v) is 10.1. The predicted molar refractivity (Wildman–Crippen MR) is 114 cm³/mol. The zero-order chi connectivity index (χ0) is 20.1. The number of hydrogen-bond donors (Lipinski definition) is 1. The minimum Gasteiger partial charge on any atom is -0.383 e. The molecule has 0 aliphatic rings. The fourth-order valence-corrected chi connectivity index (χ4v) is 3.66. The Morgan fingerprint density at radius 1 is 1.21 bits per heavy atom. The Morgan fingerprint density at radius 2 is 2.00 bits per heavy atom. The van der Waals surface area contributed by atoms with Crippen molar-refractivity contribution >= 4 is 57.5 Å². The van der Waals surface area contributed by atoms with Gasteiger partial charge >= 0.3 is 0 Å². The van der Waals surface area contributed by atoms with E-state index in [-0.39, 0.29) is 17.2 Å². The summed E-state index contributed by atoms with van der Waals surface area (Å²) in [6.45, 7) is 0.715. The summed E-state index contributed by atoms with van der Waals surface area (Å²) in [4.78, 5) is 29.6. The molecule has 6 nitrogen and oxygen atoms in total. The summed E-state index contributed by atoms with van der Waals surface area (Å²) in [6, 6.07) is 12.0. The van der Waals surface area contributed by atoms with E-state index >= 15 is 0 Å². The Labute approximate surface area is 175 Å². The van der Waals surface area contributed by atoms with Crippen LogP contribution < -0.4 is 10.9 Å². The van der Waals surface area contributed by atoms with Gasteiger partial charge in [-0.3, -0.25) is 14.2 Å². The monoisotopic (exact) mass is 437 g/mol. The average molecular weight is 438 g/mol. The molecule has 0 aliphatic heterocycles. The normalized spacial score (nSPS) is 11.0. The smallest absolute Gasteiger partial charge is 0.262 e. The van der Waals surface area contributed by atoms with Crippen LogP contribution in [0.4, 0.5) is 5.69 Å². The second-order valence-corrected chi connectivity index (χ2v) is 7.58. The molecule has 0 radical (unpaired) electrons. The average Bonchev–Trinajstić information content (AvgIpc) is 2.69. The molecule has 0 bridgehead atoms. The van der Waals surface area contributed by atoms with Crippen molar-refractivity contribution in [2.75, 3.05) is 24.8 Å². The summed E-state index contributed by atoms with van der Waals surface area (Å²) in [5.74, 6) is -0.165. The highest BCUT2D eigenvalue weighted by Gasteiger charge is 2.13. The van der Waals surface area contributed by atoms with Crippen LogP contribution in [0.5, 0.6) is 0 Å². The number of thioether (sulfide) groups is 1. The van der Waals surface area contributed by atoms with Crippen LogP contribution in [0, 0.1) is 0 Å². The summed E-state index contributed by atoms with van der Waals surface area (Å²) in [7, 11) is 1.57. The summed E-state index contributed by atoms with van der Waals surface area (Å²) in [5.41, 5.74) is 0.979. The van der Waals surface area contributed by atoms with Crippen molar-refractivity contribution in [1.29, 1.82) is 0 Å². The van der Waals surface area contributed by atoms with Crippen LogP contribution >= 0.6 is 35.0 Å². The number of aromatic nitrogens is 2. The van der Waals surface area contributed by atoms with Gasteiger partial charge in [-0.2, -0.15) is 0 Å². The largest absolute Gasteiger partial charge is 0.383 e. The summed E-state index contributed by atoms with van der Waals surface area (Å²) in [6.07, 6.45) is 0. The first-order chi connectivity index (χ1) is 13.5. The molecule has 28 heavy (non-hydrogen) atoms. The van der Waals surface area contributed by atoms with E-state index in [4.69, 9.17) is 27.9 Å². The van der Waals surface area contributed by atoms with Crippen molar-refractivity contribution in [2.45, 2.75) is 11.7 Å². The molecule has 1 amide bonds. The lowest BCUT2D eigenvalue weighted by molar-refractivity contribution is -0.113. The molecule has 0 aliphatic carbocycles. The van der Waals surface area contributed by atoms with Gasteiger partial charge in [-0.15, -0.1) is 0 Å². The highest BCUT2D eigenvalue weighted by atomic mass is 35.5. The van der Waals surface area contributed by atoms with Gasteiger partial charge in [0.25, 0.3) is 5.56 Å². The van der Waals surface area contributed by atoms with Gasteiger partial charge in [0, 0.05) is 12.8 Å². The Bertz CT molecular complexity index is 1070. The molecule has 0 unspecified atom stereocenters. The number of carbonyl (C=O) groups excluding carboxylic acids is 1. The lowest BCUT2D eigenvalue weighted by Crippen LogP contribution is -2.26. The quantitative estimate of drug-likeness (QED) is 0.445. The molecule has 146 valence electrons.